The van der Waals surface area contributed by atoms with Crippen molar-refractivity contribution in [3.05, 3.63) is 11.8 Å². The number of ether oxygens (including phenoxy) is 1. The van der Waals surface area contributed by atoms with Crippen LogP contribution in [0.4, 0.5) is 0 Å². The summed E-state index contributed by atoms with van der Waals surface area (Å²) in [5.74, 6) is -1.80. The van der Waals surface area contributed by atoms with Crippen LogP contribution in [-0.2, 0) is 19.1 Å². The van der Waals surface area contributed by atoms with Crippen LogP contribution in [-0.4, -0.2) is 24.5 Å². The summed E-state index contributed by atoms with van der Waals surface area (Å²) < 4.78 is 4.56. The maximum absolute atomic E-state index is 10.8. The Labute approximate surface area is 62.8 Å². The molecule has 0 N–H and O–H groups in total. The molecule has 1 aliphatic carbocycles. The fourth-order valence-electron chi connectivity index (χ4n) is 0.773. The molecule has 0 aliphatic heterocycles. The van der Waals surface area contributed by atoms with Gasteiger partial charge in [-0.2, -0.15) is 0 Å². The largest absolute Gasteiger partial charge is 0.493 e. The summed E-state index contributed by atoms with van der Waals surface area (Å²) in [5.41, 5.74) is 0. The Kier molecular flexibility index (Phi) is 1.85. The maximum atomic E-state index is 10.8. The number of hydrogen-bond acceptors (Lipinski definition) is 4. The molecule has 1 aliphatic rings. The summed E-state index contributed by atoms with van der Waals surface area (Å²) in [6, 6.07) is 0. The van der Waals surface area contributed by atoms with E-state index in [9.17, 15) is 14.4 Å². The SMILES string of the molecule is COC1=CC(=O)C(=O)CC1=O. The van der Waals surface area contributed by atoms with Crippen LogP contribution in [0.25, 0.3) is 0 Å². The van der Waals surface area contributed by atoms with Gasteiger partial charge in [0.2, 0.25) is 17.3 Å². The van der Waals surface area contributed by atoms with Gasteiger partial charge in [-0.3, -0.25) is 14.4 Å². The average Bonchev–Trinajstić information content (AvgIpc) is 1.97. The number of rotatable bonds is 1. The van der Waals surface area contributed by atoms with Gasteiger partial charge in [0.05, 0.1) is 13.5 Å². The van der Waals surface area contributed by atoms with E-state index in [2.05, 4.69) is 4.74 Å². The van der Waals surface area contributed by atoms with E-state index < -0.39 is 17.3 Å². The lowest BCUT2D eigenvalue weighted by Gasteiger charge is -2.07. The van der Waals surface area contributed by atoms with Crippen molar-refractivity contribution in [2.45, 2.75) is 6.42 Å². The topological polar surface area (TPSA) is 60.4 Å². The van der Waals surface area contributed by atoms with Crippen molar-refractivity contribution in [2.75, 3.05) is 7.11 Å². The van der Waals surface area contributed by atoms with Crippen LogP contribution in [0.1, 0.15) is 6.42 Å². The van der Waals surface area contributed by atoms with Crippen molar-refractivity contribution in [3.8, 4) is 0 Å². The van der Waals surface area contributed by atoms with Crippen molar-refractivity contribution in [1.29, 1.82) is 0 Å². The number of carbonyl (C=O) groups is 3. The van der Waals surface area contributed by atoms with E-state index in [1.807, 2.05) is 0 Å². The minimum atomic E-state index is -0.671. The van der Waals surface area contributed by atoms with Crippen LogP contribution in [0.3, 0.4) is 0 Å². The van der Waals surface area contributed by atoms with Crippen molar-refractivity contribution < 1.29 is 19.1 Å². The molecule has 0 aromatic carbocycles. The lowest BCUT2D eigenvalue weighted by atomic mass is 10.0. The summed E-state index contributed by atoms with van der Waals surface area (Å²) in [4.78, 5) is 32.1. The summed E-state index contributed by atoms with van der Waals surface area (Å²) in [6.07, 6.45) is 0.562. The van der Waals surface area contributed by atoms with Crippen molar-refractivity contribution >= 4 is 17.3 Å². The lowest BCUT2D eigenvalue weighted by molar-refractivity contribution is -0.137. The van der Waals surface area contributed by atoms with Gasteiger partial charge in [-0.15, -0.1) is 0 Å². The fraction of sp³-hybridized carbons (Fsp3) is 0.286. The van der Waals surface area contributed by atoms with Crippen LogP contribution < -0.4 is 0 Å². The Balaban J connectivity index is 2.97. The highest BCUT2D eigenvalue weighted by atomic mass is 16.5. The number of carbonyl (C=O) groups excluding carboxylic acids is 3. The van der Waals surface area contributed by atoms with Crippen LogP contribution in [0.5, 0.6) is 0 Å². The molecule has 0 aromatic rings. The third kappa shape index (κ3) is 1.34. The molecule has 0 amide bonds. The smallest absolute Gasteiger partial charge is 0.225 e. The first-order valence-corrected chi connectivity index (χ1v) is 3.01. The molecule has 11 heavy (non-hydrogen) atoms. The first-order valence-electron chi connectivity index (χ1n) is 3.01. The molecule has 0 bridgehead atoms. The zero-order chi connectivity index (χ0) is 8.43. The van der Waals surface area contributed by atoms with E-state index in [4.69, 9.17) is 0 Å². The van der Waals surface area contributed by atoms with Gasteiger partial charge >= 0.3 is 0 Å². The molecule has 4 heteroatoms. The Morgan fingerprint density at radius 1 is 1.27 bits per heavy atom. The van der Waals surface area contributed by atoms with Crippen molar-refractivity contribution in [1.82, 2.24) is 0 Å². The van der Waals surface area contributed by atoms with Gasteiger partial charge in [0.1, 0.15) is 0 Å². The molecule has 0 aromatic heterocycles. The summed E-state index contributed by atoms with van der Waals surface area (Å²) in [6.45, 7) is 0. The Hall–Kier alpha value is -1.45. The molecular formula is C7H6O4. The van der Waals surface area contributed by atoms with Crippen LogP contribution >= 0.6 is 0 Å². The molecule has 0 saturated carbocycles. The highest BCUT2D eigenvalue weighted by molar-refractivity contribution is 6.47. The molecule has 0 heterocycles. The normalized spacial score (nSPS) is 18.3. The first kappa shape index (κ1) is 7.65. The van der Waals surface area contributed by atoms with Gasteiger partial charge in [-0.1, -0.05) is 0 Å². The van der Waals surface area contributed by atoms with E-state index in [1.54, 1.807) is 0 Å². The molecule has 0 atom stereocenters. The Morgan fingerprint density at radius 3 is 2.45 bits per heavy atom. The molecule has 0 fully saturated rings. The van der Waals surface area contributed by atoms with Crippen LogP contribution in [0.2, 0.25) is 0 Å². The number of hydrogen-bond donors (Lipinski definition) is 0. The third-order valence-corrected chi connectivity index (χ3v) is 1.35. The fourth-order valence-corrected chi connectivity index (χ4v) is 0.773. The highest BCUT2D eigenvalue weighted by Gasteiger charge is 2.26. The van der Waals surface area contributed by atoms with Crippen molar-refractivity contribution in [3.63, 3.8) is 0 Å². The quantitative estimate of drug-likeness (QED) is 0.382. The Morgan fingerprint density at radius 2 is 1.91 bits per heavy atom. The molecule has 0 saturated heterocycles. The van der Waals surface area contributed by atoms with Gasteiger partial charge in [-0.05, 0) is 0 Å². The monoisotopic (exact) mass is 154 g/mol. The number of Topliss-reactive ketones (excluding diaryl/α,β-unsaturated/α-hetero) is 2. The zero-order valence-electron chi connectivity index (χ0n) is 5.92. The minimum Gasteiger partial charge on any atom is -0.493 e. The second-order valence-corrected chi connectivity index (χ2v) is 2.10. The van der Waals surface area contributed by atoms with Crippen molar-refractivity contribution in [2.24, 2.45) is 0 Å². The predicted molar refractivity (Wildman–Crippen MR) is 34.7 cm³/mol. The number of allylic oxidation sites excluding steroid dienone is 2. The summed E-state index contributed by atoms with van der Waals surface area (Å²) >= 11 is 0. The van der Waals surface area contributed by atoms with Gasteiger partial charge in [0.25, 0.3) is 0 Å². The molecule has 4 nitrogen and oxygen atoms in total. The number of ketones is 3. The lowest BCUT2D eigenvalue weighted by Crippen LogP contribution is -2.24. The molecule has 58 valence electrons. The van der Waals surface area contributed by atoms with Gasteiger partial charge in [0, 0.05) is 6.08 Å². The van der Waals surface area contributed by atoms with Gasteiger partial charge in [0.15, 0.2) is 5.76 Å². The second-order valence-electron chi connectivity index (χ2n) is 2.10. The first-order chi connectivity index (χ1) is 5.15. The molecular weight excluding hydrogens is 148 g/mol. The van der Waals surface area contributed by atoms with E-state index in [0.29, 0.717) is 0 Å². The highest BCUT2D eigenvalue weighted by Crippen LogP contribution is 2.08. The maximum Gasteiger partial charge on any atom is 0.225 e. The van der Waals surface area contributed by atoms with E-state index >= 15 is 0 Å². The van der Waals surface area contributed by atoms with E-state index in [-0.39, 0.29) is 12.2 Å². The average molecular weight is 154 g/mol. The molecule has 0 unspecified atom stereocenters. The minimum absolute atomic E-state index is 0.0328. The second kappa shape index (κ2) is 2.65. The Bertz CT molecular complexity index is 262. The predicted octanol–water partition coefficient (Wildman–Crippen LogP) is -0.372. The number of methoxy groups -OCH3 is 1. The standard InChI is InChI=1S/C7H6O4/c1-11-7-3-5(9)4(8)2-6(7)10/h3H,2H2,1H3. The third-order valence-electron chi connectivity index (χ3n) is 1.35. The van der Waals surface area contributed by atoms with Crippen LogP contribution in [0, 0.1) is 0 Å². The van der Waals surface area contributed by atoms with Crippen LogP contribution in [0.15, 0.2) is 11.8 Å². The van der Waals surface area contributed by atoms with E-state index in [1.165, 1.54) is 7.11 Å². The van der Waals surface area contributed by atoms with Gasteiger partial charge < -0.3 is 4.74 Å². The molecule has 1 rings (SSSR count). The van der Waals surface area contributed by atoms with E-state index in [0.717, 1.165) is 6.08 Å². The zero-order valence-corrected chi connectivity index (χ0v) is 5.92. The van der Waals surface area contributed by atoms with Gasteiger partial charge in [-0.25, -0.2) is 0 Å². The summed E-state index contributed by atoms with van der Waals surface area (Å²) in [5, 5.41) is 0. The summed E-state index contributed by atoms with van der Waals surface area (Å²) in [7, 11) is 1.28. The molecule has 0 spiro atoms. The molecule has 0 radical (unpaired) electrons.